The first-order valence-electron chi connectivity index (χ1n) is 6.70. The van der Waals surface area contributed by atoms with Gasteiger partial charge in [-0.2, -0.15) is 0 Å². The summed E-state index contributed by atoms with van der Waals surface area (Å²) in [5, 5.41) is 2.70. The van der Waals surface area contributed by atoms with Crippen LogP contribution in [0.5, 0.6) is 0 Å². The molecule has 0 radical (unpaired) electrons. The van der Waals surface area contributed by atoms with E-state index in [1.165, 1.54) is 4.90 Å². The van der Waals surface area contributed by atoms with Crippen LogP contribution in [0.3, 0.4) is 0 Å². The van der Waals surface area contributed by atoms with E-state index in [9.17, 15) is 21.6 Å². The summed E-state index contributed by atoms with van der Waals surface area (Å²) in [6, 6.07) is -1.03. The van der Waals surface area contributed by atoms with Gasteiger partial charge in [-0.15, -0.1) is 0 Å². The highest BCUT2D eigenvalue weighted by molar-refractivity contribution is 7.91. The molecule has 116 valence electrons. The quantitative estimate of drug-likeness (QED) is 0.746. The first-order valence-corrected chi connectivity index (χ1v) is 10.3. The fourth-order valence-electron chi connectivity index (χ4n) is 2.76. The zero-order chi connectivity index (χ0) is 15.0. The van der Waals surface area contributed by atoms with Crippen molar-refractivity contribution in [3.63, 3.8) is 0 Å². The van der Waals surface area contributed by atoms with E-state index in [2.05, 4.69) is 5.32 Å². The number of amides is 2. The zero-order valence-electron chi connectivity index (χ0n) is 11.4. The fourth-order valence-corrected chi connectivity index (χ4v) is 6.16. The molecule has 2 unspecified atom stereocenters. The molecule has 7 nitrogen and oxygen atoms in total. The van der Waals surface area contributed by atoms with Crippen molar-refractivity contribution in [3.8, 4) is 0 Å². The lowest BCUT2D eigenvalue weighted by Gasteiger charge is -2.28. The smallest absolute Gasteiger partial charge is 0.317 e. The van der Waals surface area contributed by atoms with Gasteiger partial charge in [-0.1, -0.05) is 0 Å². The Hall–Kier alpha value is -0.830. The maximum atomic E-state index is 12.2. The lowest BCUT2D eigenvalue weighted by Crippen LogP contribution is -2.50. The molecular formula is C11H20N2O5S2. The topological polar surface area (TPSA) is 101 Å². The second-order valence-electron chi connectivity index (χ2n) is 5.39. The van der Waals surface area contributed by atoms with Crippen LogP contribution in [0.25, 0.3) is 0 Å². The van der Waals surface area contributed by atoms with Crippen molar-refractivity contribution >= 4 is 25.7 Å². The summed E-state index contributed by atoms with van der Waals surface area (Å²) in [6.45, 7) is 2.20. The van der Waals surface area contributed by atoms with Gasteiger partial charge in [0.2, 0.25) is 0 Å². The standard InChI is InChI=1S/C11H20N2O5S2/c1-2-13(10-4-6-20(17,18)8-10)11(14)12-9-3-5-19(15,16)7-9/h9-10H,2-8H2,1H3,(H,12,14). The number of nitrogens with one attached hydrogen (secondary N) is 1. The van der Waals surface area contributed by atoms with Crippen LogP contribution in [0.1, 0.15) is 19.8 Å². The van der Waals surface area contributed by atoms with Crippen LogP contribution >= 0.6 is 0 Å². The molecule has 0 aromatic carbocycles. The Labute approximate surface area is 119 Å². The number of carbonyl (C=O) groups is 1. The highest BCUT2D eigenvalue weighted by Gasteiger charge is 2.36. The average Bonchev–Trinajstić information content (AvgIpc) is 2.83. The number of urea groups is 1. The first kappa shape index (κ1) is 15.6. The second-order valence-corrected chi connectivity index (χ2v) is 9.85. The molecule has 20 heavy (non-hydrogen) atoms. The van der Waals surface area contributed by atoms with Gasteiger partial charge in [0.1, 0.15) is 0 Å². The maximum Gasteiger partial charge on any atom is 0.317 e. The van der Waals surface area contributed by atoms with Crippen LogP contribution in [0.15, 0.2) is 0 Å². The monoisotopic (exact) mass is 324 g/mol. The molecule has 2 aliphatic rings. The van der Waals surface area contributed by atoms with Crippen molar-refractivity contribution in [3.05, 3.63) is 0 Å². The molecule has 2 atom stereocenters. The minimum atomic E-state index is -3.05. The van der Waals surface area contributed by atoms with Gasteiger partial charge in [0.05, 0.1) is 23.0 Å². The molecule has 2 amide bonds. The lowest BCUT2D eigenvalue weighted by atomic mass is 10.2. The molecule has 2 fully saturated rings. The third-order valence-corrected chi connectivity index (χ3v) is 7.33. The van der Waals surface area contributed by atoms with E-state index in [4.69, 9.17) is 0 Å². The van der Waals surface area contributed by atoms with Crippen LogP contribution in [0.4, 0.5) is 4.79 Å². The molecule has 9 heteroatoms. The molecular weight excluding hydrogens is 304 g/mol. The van der Waals surface area contributed by atoms with Crippen molar-refractivity contribution in [2.75, 3.05) is 29.6 Å². The molecule has 0 aliphatic carbocycles. The Balaban J connectivity index is 1.96. The van der Waals surface area contributed by atoms with Gasteiger partial charge in [0.25, 0.3) is 0 Å². The minimum absolute atomic E-state index is 0.00275. The van der Waals surface area contributed by atoms with Gasteiger partial charge in [-0.05, 0) is 19.8 Å². The SMILES string of the molecule is CCN(C(=O)NC1CCS(=O)(=O)C1)C1CCS(=O)(=O)C1. The third kappa shape index (κ3) is 3.63. The molecule has 1 N–H and O–H groups in total. The van der Waals surface area contributed by atoms with Crippen molar-refractivity contribution < 1.29 is 21.6 Å². The van der Waals surface area contributed by atoms with E-state index in [-0.39, 0.29) is 41.1 Å². The van der Waals surface area contributed by atoms with Gasteiger partial charge in [-0.3, -0.25) is 0 Å². The number of hydrogen-bond acceptors (Lipinski definition) is 5. The predicted octanol–water partition coefficient (Wildman–Crippen LogP) is -0.608. The Morgan fingerprint density at radius 3 is 2.15 bits per heavy atom. The molecule has 0 aromatic rings. The normalized spacial score (nSPS) is 31.1. The summed E-state index contributed by atoms with van der Waals surface area (Å²) in [4.78, 5) is 13.7. The van der Waals surface area contributed by atoms with Crippen molar-refractivity contribution in [2.24, 2.45) is 0 Å². The lowest BCUT2D eigenvalue weighted by molar-refractivity contribution is 0.181. The van der Waals surface area contributed by atoms with Crippen molar-refractivity contribution in [1.82, 2.24) is 10.2 Å². The van der Waals surface area contributed by atoms with E-state index in [0.29, 0.717) is 19.4 Å². The molecule has 0 spiro atoms. The fraction of sp³-hybridized carbons (Fsp3) is 0.909. The van der Waals surface area contributed by atoms with E-state index in [0.717, 1.165) is 0 Å². The summed E-state index contributed by atoms with van der Waals surface area (Å²) < 4.78 is 45.7. The Bertz CT molecular complexity index is 584. The molecule has 2 rings (SSSR count). The van der Waals surface area contributed by atoms with Gasteiger partial charge < -0.3 is 10.2 Å². The molecule has 2 aliphatic heterocycles. The molecule has 0 bridgehead atoms. The van der Waals surface area contributed by atoms with Crippen LogP contribution in [0.2, 0.25) is 0 Å². The zero-order valence-corrected chi connectivity index (χ0v) is 13.0. The molecule has 0 saturated carbocycles. The van der Waals surface area contributed by atoms with E-state index in [1.54, 1.807) is 6.92 Å². The van der Waals surface area contributed by atoms with E-state index >= 15 is 0 Å². The number of hydrogen-bond donors (Lipinski definition) is 1. The van der Waals surface area contributed by atoms with Crippen LogP contribution < -0.4 is 5.32 Å². The van der Waals surface area contributed by atoms with Gasteiger partial charge in [0.15, 0.2) is 19.7 Å². The minimum Gasteiger partial charge on any atom is -0.334 e. The van der Waals surface area contributed by atoms with Crippen LogP contribution in [0, 0.1) is 0 Å². The average molecular weight is 324 g/mol. The summed E-state index contributed by atoms with van der Waals surface area (Å²) in [5.74, 6) is 0.178. The Morgan fingerprint density at radius 2 is 1.70 bits per heavy atom. The second kappa shape index (κ2) is 5.51. The Morgan fingerprint density at radius 1 is 1.10 bits per heavy atom. The molecule has 2 saturated heterocycles. The summed E-state index contributed by atoms with van der Waals surface area (Å²) >= 11 is 0. The molecule has 0 aromatic heterocycles. The third-order valence-electron chi connectivity index (χ3n) is 3.81. The van der Waals surface area contributed by atoms with Gasteiger partial charge in [0, 0.05) is 18.6 Å². The Kier molecular flexibility index (Phi) is 4.29. The van der Waals surface area contributed by atoms with Gasteiger partial charge >= 0.3 is 6.03 Å². The predicted molar refractivity (Wildman–Crippen MR) is 75.0 cm³/mol. The number of rotatable bonds is 3. The number of sulfone groups is 2. The van der Waals surface area contributed by atoms with Crippen molar-refractivity contribution in [1.29, 1.82) is 0 Å². The summed E-state index contributed by atoms with van der Waals surface area (Å²) in [6.07, 6.45) is 0.876. The first-order chi connectivity index (χ1) is 9.22. The molecule has 2 heterocycles. The highest BCUT2D eigenvalue weighted by Crippen LogP contribution is 2.18. The van der Waals surface area contributed by atoms with Crippen LogP contribution in [-0.4, -0.2) is 69.4 Å². The van der Waals surface area contributed by atoms with E-state index in [1.807, 2.05) is 0 Å². The number of carbonyl (C=O) groups excluding carboxylic acids is 1. The maximum absolute atomic E-state index is 12.2. The summed E-state index contributed by atoms with van der Waals surface area (Å²) in [7, 11) is -6.09. The number of nitrogens with zero attached hydrogens (tertiary/aromatic N) is 1. The highest BCUT2D eigenvalue weighted by atomic mass is 32.2. The van der Waals surface area contributed by atoms with Crippen LogP contribution in [-0.2, 0) is 19.7 Å². The van der Waals surface area contributed by atoms with Gasteiger partial charge in [-0.25, -0.2) is 21.6 Å². The van der Waals surface area contributed by atoms with E-state index < -0.39 is 19.7 Å². The van der Waals surface area contributed by atoms with Crippen molar-refractivity contribution in [2.45, 2.75) is 31.8 Å². The summed E-state index contributed by atoms with van der Waals surface area (Å²) in [5.41, 5.74) is 0. The largest absolute Gasteiger partial charge is 0.334 e.